The van der Waals surface area contributed by atoms with Crippen LogP contribution in [0.5, 0.6) is 5.75 Å². The van der Waals surface area contributed by atoms with Crippen molar-refractivity contribution in [2.45, 2.75) is 13.5 Å². The average molecular weight is 376 g/mol. The summed E-state index contributed by atoms with van der Waals surface area (Å²) in [6, 6.07) is 14.4. The van der Waals surface area contributed by atoms with Gasteiger partial charge in [0.25, 0.3) is 5.91 Å². The van der Waals surface area contributed by atoms with Crippen LogP contribution in [0.2, 0.25) is 0 Å². The van der Waals surface area contributed by atoms with E-state index in [1.165, 1.54) is 10.6 Å². The van der Waals surface area contributed by atoms with E-state index in [1.54, 1.807) is 31.4 Å². The molecule has 0 saturated carbocycles. The van der Waals surface area contributed by atoms with Crippen molar-refractivity contribution in [3.8, 4) is 5.75 Å². The van der Waals surface area contributed by atoms with Crippen LogP contribution in [0.1, 0.15) is 21.5 Å². The molecule has 2 aromatic rings. The van der Waals surface area contributed by atoms with E-state index in [-0.39, 0.29) is 25.5 Å². The Morgan fingerprint density at radius 1 is 1.08 bits per heavy atom. The molecule has 0 saturated heterocycles. The second-order valence-electron chi connectivity index (χ2n) is 6.07. The van der Waals surface area contributed by atoms with Gasteiger partial charge in [0.1, 0.15) is 5.75 Å². The van der Waals surface area contributed by atoms with Crippen molar-refractivity contribution in [1.82, 2.24) is 9.62 Å². The van der Waals surface area contributed by atoms with Crippen molar-refractivity contribution in [2.75, 3.05) is 26.5 Å². The lowest BCUT2D eigenvalue weighted by molar-refractivity contribution is 0.0951. The van der Waals surface area contributed by atoms with Gasteiger partial charge in [0, 0.05) is 25.2 Å². The fourth-order valence-corrected chi connectivity index (χ4v) is 3.20. The molecule has 0 aromatic heterocycles. The number of sulfonamides is 1. The molecule has 0 bridgehead atoms. The lowest BCUT2D eigenvalue weighted by atomic mass is 10.1. The first-order valence-corrected chi connectivity index (χ1v) is 10.1. The number of carbonyl (C=O) groups is 1. The summed E-state index contributed by atoms with van der Waals surface area (Å²) in [7, 11) is -1.82. The summed E-state index contributed by atoms with van der Waals surface area (Å²) in [5.74, 6) is 0.416. The molecule has 1 N–H and O–H groups in total. The van der Waals surface area contributed by atoms with Crippen molar-refractivity contribution in [1.29, 1.82) is 0 Å². The van der Waals surface area contributed by atoms with Gasteiger partial charge in [-0.25, -0.2) is 8.42 Å². The number of benzene rings is 2. The molecule has 0 aliphatic rings. The van der Waals surface area contributed by atoms with Gasteiger partial charge in [-0.05, 0) is 36.8 Å². The van der Waals surface area contributed by atoms with Crippen LogP contribution in [0, 0.1) is 6.92 Å². The Bertz CT molecular complexity index is 831. The van der Waals surface area contributed by atoms with Crippen LogP contribution in [0.25, 0.3) is 0 Å². The molecule has 0 aliphatic carbocycles. The molecule has 26 heavy (non-hydrogen) atoms. The number of carbonyl (C=O) groups excluding carboxylic acids is 1. The fraction of sp³-hybridized carbons (Fsp3) is 0.316. The van der Waals surface area contributed by atoms with E-state index in [4.69, 9.17) is 4.74 Å². The van der Waals surface area contributed by atoms with E-state index in [1.807, 2.05) is 31.2 Å². The van der Waals surface area contributed by atoms with E-state index in [9.17, 15) is 13.2 Å². The Balaban J connectivity index is 1.94. The standard InChI is InChI=1S/C19H24N2O4S/c1-15-4-6-16(7-5-15)14-21(26(3,23)24)13-12-20-19(22)17-8-10-18(25-2)11-9-17/h4-11H,12-14H2,1-3H3,(H,20,22). The van der Waals surface area contributed by atoms with Crippen molar-refractivity contribution in [3.05, 3.63) is 65.2 Å². The molecule has 7 heteroatoms. The minimum atomic E-state index is -3.38. The molecule has 0 radical (unpaired) electrons. The molecular weight excluding hydrogens is 352 g/mol. The number of amides is 1. The van der Waals surface area contributed by atoms with E-state index >= 15 is 0 Å². The van der Waals surface area contributed by atoms with Crippen molar-refractivity contribution < 1.29 is 17.9 Å². The lowest BCUT2D eigenvalue weighted by Gasteiger charge is -2.20. The molecule has 1 amide bonds. The minimum absolute atomic E-state index is 0.203. The summed E-state index contributed by atoms with van der Waals surface area (Å²) in [6.45, 7) is 2.68. The Labute approximate surface area is 154 Å². The molecule has 0 aliphatic heterocycles. The second kappa shape index (κ2) is 8.82. The predicted molar refractivity (Wildman–Crippen MR) is 102 cm³/mol. The maximum absolute atomic E-state index is 12.2. The summed E-state index contributed by atoms with van der Waals surface area (Å²) in [5.41, 5.74) is 2.52. The van der Waals surface area contributed by atoms with E-state index in [0.29, 0.717) is 11.3 Å². The number of rotatable bonds is 8. The molecular formula is C19H24N2O4S. The zero-order chi connectivity index (χ0) is 19.2. The van der Waals surface area contributed by atoms with Gasteiger partial charge < -0.3 is 10.1 Å². The van der Waals surface area contributed by atoms with Gasteiger partial charge in [0.15, 0.2) is 0 Å². The van der Waals surface area contributed by atoms with Crippen LogP contribution in [0.3, 0.4) is 0 Å². The zero-order valence-corrected chi connectivity index (χ0v) is 16.0. The highest BCUT2D eigenvalue weighted by Gasteiger charge is 2.17. The number of aryl methyl sites for hydroxylation is 1. The van der Waals surface area contributed by atoms with E-state index in [2.05, 4.69) is 5.32 Å². The number of hydrogen-bond acceptors (Lipinski definition) is 4. The first-order chi connectivity index (χ1) is 12.3. The molecule has 2 aromatic carbocycles. The summed E-state index contributed by atoms with van der Waals surface area (Å²) in [4.78, 5) is 12.2. The van der Waals surface area contributed by atoms with E-state index < -0.39 is 10.0 Å². The summed E-state index contributed by atoms with van der Waals surface area (Å²) < 4.78 is 30.4. The van der Waals surface area contributed by atoms with Gasteiger partial charge in [0.2, 0.25) is 10.0 Å². The van der Waals surface area contributed by atoms with Gasteiger partial charge in [-0.3, -0.25) is 4.79 Å². The van der Waals surface area contributed by atoms with Crippen molar-refractivity contribution in [2.24, 2.45) is 0 Å². The van der Waals surface area contributed by atoms with Crippen LogP contribution < -0.4 is 10.1 Å². The summed E-state index contributed by atoms with van der Waals surface area (Å²) >= 11 is 0. The highest BCUT2D eigenvalue weighted by Crippen LogP contribution is 2.12. The molecule has 2 rings (SSSR count). The SMILES string of the molecule is COc1ccc(C(=O)NCCN(Cc2ccc(C)cc2)S(C)(=O)=O)cc1. The Hall–Kier alpha value is -2.38. The highest BCUT2D eigenvalue weighted by molar-refractivity contribution is 7.88. The molecule has 0 unspecified atom stereocenters. The predicted octanol–water partition coefficient (Wildman–Crippen LogP) is 2.20. The van der Waals surface area contributed by atoms with Crippen molar-refractivity contribution in [3.63, 3.8) is 0 Å². The van der Waals surface area contributed by atoms with E-state index in [0.717, 1.165) is 11.1 Å². The monoisotopic (exact) mass is 376 g/mol. The highest BCUT2D eigenvalue weighted by atomic mass is 32.2. The smallest absolute Gasteiger partial charge is 0.251 e. The molecule has 140 valence electrons. The Morgan fingerprint density at radius 2 is 1.69 bits per heavy atom. The number of methoxy groups -OCH3 is 1. The number of nitrogens with zero attached hydrogens (tertiary/aromatic N) is 1. The first-order valence-electron chi connectivity index (χ1n) is 8.22. The van der Waals surface area contributed by atoms with Gasteiger partial charge in [-0.15, -0.1) is 0 Å². The minimum Gasteiger partial charge on any atom is -0.497 e. The van der Waals surface area contributed by atoms with Gasteiger partial charge in [0.05, 0.1) is 13.4 Å². The Morgan fingerprint density at radius 3 is 2.23 bits per heavy atom. The van der Waals surface area contributed by atoms with Crippen LogP contribution in [-0.2, 0) is 16.6 Å². The fourth-order valence-electron chi connectivity index (χ4n) is 2.40. The number of hydrogen-bond donors (Lipinski definition) is 1. The van der Waals surface area contributed by atoms with Crippen molar-refractivity contribution >= 4 is 15.9 Å². The number of ether oxygens (including phenoxy) is 1. The van der Waals surface area contributed by atoms with Crippen LogP contribution in [0.4, 0.5) is 0 Å². The maximum Gasteiger partial charge on any atom is 0.251 e. The normalized spacial score (nSPS) is 11.4. The van der Waals surface area contributed by atoms with Crippen LogP contribution in [0.15, 0.2) is 48.5 Å². The molecule has 0 spiro atoms. The molecule has 0 heterocycles. The lowest BCUT2D eigenvalue weighted by Crippen LogP contribution is -2.37. The summed E-state index contributed by atoms with van der Waals surface area (Å²) in [5, 5.41) is 2.75. The van der Waals surface area contributed by atoms with Crippen LogP contribution in [-0.4, -0.2) is 45.1 Å². The maximum atomic E-state index is 12.2. The number of nitrogens with one attached hydrogen (secondary N) is 1. The third kappa shape index (κ3) is 5.86. The molecule has 6 nitrogen and oxygen atoms in total. The first kappa shape index (κ1) is 19.9. The van der Waals surface area contributed by atoms with Gasteiger partial charge in [-0.2, -0.15) is 4.31 Å². The Kier molecular flexibility index (Phi) is 6.76. The molecule has 0 atom stereocenters. The van der Waals surface area contributed by atoms with Gasteiger partial charge >= 0.3 is 0 Å². The zero-order valence-electron chi connectivity index (χ0n) is 15.2. The third-order valence-electron chi connectivity index (χ3n) is 3.95. The molecule has 0 fully saturated rings. The largest absolute Gasteiger partial charge is 0.497 e. The third-order valence-corrected chi connectivity index (χ3v) is 5.20. The second-order valence-corrected chi connectivity index (χ2v) is 8.05. The van der Waals surface area contributed by atoms with Gasteiger partial charge in [-0.1, -0.05) is 29.8 Å². The average Bonchev–Trinajstić information content (AvgIpc) is 2.61. The van der Waals surface area contributed by atoms with Crippen LogP contribution >= 0.6 is 0 Å². The summed E-state index contributed by atoms with van der Waals surface area (Å²) in [6.07, 6.45) is 1.17. The quantitative estimate of drug-likeness (QED) is 0.766. The topological polar surface area (TPSA) is 75.7 Å².